The fourth-order valence-electron chi connectivity index (χ4n) is 3.95. The molecule has 0 spiro atoms. The number of nitrogens with one attached hydrogen (secondary N) is 1. The van der Waals surface area contributed by atoms with Gasteiger partial charge in [-0.1, -0.05) is 55.5 Å². The molecule has 0 saturated heterocycles. The number of carbonyl (C=O) groups is 1. The molecule has 3 rings (SSSR count). The molecule has 2 aromatic rings. The summed E-state index contributed by atoms with van der Waals surface area (Å²) in [4.78, 5) is 12.8. The van der Waals surface area contributed by atoms with Crippen LogP contribution in [0, 0.1) is 0 Å². The van der Waals surface area contributed by atoms with Crippen molar-refractivity contribution in [1.82, 2.24) is 5.32 Å². The maximum Gasteiger partial charge on any atom is 0.251 e. The van der Waals surface area contributed by atoms with E-state index in [4.69, 9.17) is 5.73 Å². The van der Waals surface area contributed by atoms with Crippen LogP contribution in [0.25, 0.3) is 0 Å². The second-order valence-corrected chi connectivity index (χ2v) is 7.18. The first kappa shape index (κ1) is 17.7. The van der Waals surface area contributed by atoms with Crippen LogP contribution in [-0.4, -0.2) is 18.5 Å². The van der Waals surface area contributed by atoms with E-state index < -0.39 is 0 Å². The van der Waals surface area contributed by atoms with Gasteiger partial charge in [-0.05, 0) is 49.3 Å². The Morgan fingerprint density at radius 3 is 2.40 bits per heavy atom. The summed E-state index contributed by atoms with van der Waals surface area (Å²) in [6, 6.07) is 18.7. The van der Waals surface area contributed by atoms with Crippen LogP contribution in [-0.2, 0) is 11.8 Å². The van der Waals surface area contributed by atoms with Gasteiger partial charge in [0.2, 0.25) is 0 Å². The van der Waals surface area contributed by atoms with Crippen LogP contribution in [0.2, 0.25) is 0 Å². The van der Waals surface area contributed by atoms with Gasteiger partial charge in [0.25, 0.3) is 5.91 Å². The van der Waals surface area contributed by atoms with Crippen LogP contribution in [0.15, 0.2) is 54.6 Å². The van der Waals surface area contributed by atoms with Crippen molar-refractivity contribution in [3.05, 3.63) is 71.3 Å². The first-order valence-electron chi connectivity index (χ1n) is 9.32. The summed E-state index contributed by atoms with van der Waals surface area (Å²) in [6.45, 7) is 2.75. The Bertz CT molecular complexity index is 703. The fraction of sp³-hybridized carbons (Fsp3) is 0.409. The molecule has 0 radical (unpaired) electrons. The standard InChI is InChI=1S/C22H28N2O/c1-2-17-8-6-7-11-20(17)21(25)24-16-22(14-12-19(23)13-15-22)18-9-4-3-5-10-18/h3-11,19H,2,12-16,23H2,1H3,(H,24,25). The Balaban J connectivity index is 1.78. The van der Waals surface area contributed by atoms with Gasteiger partial charge in [-0.25, -0.2) is 0 Å². The van der Waals surface area contributed by atoms with E-state index in [2.05, 4.69) is 36.5 Å². The molecule has 0 aliphatic heterocycles. The van der Waals surface area contributed by atoms with E-state index in [0.29, 0.717) is 6.54 Å². The van der Waals surface area contributed by atoms with Crippen LogP contribution >= 0.6 is 0 Å². The summed E-state index contributed by atoms with van der Waals surface area (Å²) in [7, 11) is 0. The van der Waals surface area contributed by atoms with Gasteiger partial charge in [0, 0.05) is 23.6 Å². The van der Waals surface area contributed by atoms with Gasteiger partial charge in [0.1, 0.15) is 0 Å². The lowest BCUT2D eigenvalue weighted by Crippen LogP contribution is -2.45. The van der Waals surface area contributed by atoms with Crippen molar-refractivity contribution in [2.24, 2.45) is 5.73 Å². The van der Waals surface area contributed by atoms with Crippen molar-refractivity contribution in [3.63, 3.8) is 0 Å². The minimum Gasteiger partial charge on any atom is -0.351 e. The number of aryl methyl sites for hydroxylation is 1. The molecular weight excluding hydrogens is 308 g/mol. The third kappa shape index (κ3) is 3.93. The Hall–Kier alpha value is -2.13. The summed E-state index contributed by atoms with van der Waals surface area (Å²) in [5.74, 6) is 0.0302. The van der Waals surface area contributed by atoms with E-state index in [-0.39, 0.29) is 17.4 Å². The Morgan fingerprint density at radius 1 is 1.08 bits per heavy atom. The second kappa shape index (κ2) is 7.83. The molecule has 132 valence electrons. The lowest BCUT2D eigenvalue weighted by molar-refractivity contribution is 0.0934. The summed E-state index contributed by atoms with van der Waals surface area (Å²) < 4.78 is 0. The van der Waals surface area contributed by atoms with Gasteiger partial charge in [0.15, 0.2) is 0 Å². The van der Waals surface area contributed by atoms with Gasteiger partial charge < -0.3 is 11.1 Å². The quantitative estimate of drug-likeness (QED) is 0.872. The van der Waals surface area contributed by atoms with Crippen LogP contribution in [0.1, 0.15) is 54.1 Å². The van der Waals surface area contributed by atoms with E-state index in [9.17, 15) is 4.79 Å². The minimum atomic E-state index is -0.00600. The van der Waals surface area contributed by atoms with Gasteiger partial charge in [-0.15, -0.1) is 0 Å². The molecule has 0 heterocycles. The van der Waals surface area contributed by atoms with E-state index in [1.54, 1.807) is 0 Å². The number of hydrogen-bond donors (Lipinski definition) is 2. The van der Waals surface area contributed by atoms with E-state index in [0.717, 1.165) is 43.2 Å². The van der Waals surface area contributed by atoms with Crippen LogP contribution in [0.5, 0.6) is 0 Å². The molecular formula is C22H28N2O. The third-order valence-electron chi connectivity index (χ3n) is 5.60. The molecule has 25 heavy (non-hydrogen) atoms. The fourth-order valence-corrected chi connectivity index (χ4v) is 3.95. The normalized spacial score (nSPS) is 23.2. The minimum absolute atomic E-state index is 0.00600. The number of nitrogens with two attached hydrogens (primary N) is 1. The SMILES string of the molecule is CCc1ccccc1C(=O)NCC1(c2ccccc2)CCC(N)CC1. The average molecular weight is 336 g/mol. The lowest BCUT2D eigenvalue weighted by Gasteiger charge is -2.40. The molecule has 1 aliphatic rings. The molecule has 3 N–H and O–H groups in total. The molecule has 2 aromatic carbocycles. The zero-order valence-corrected chi connectivity index (χ0v) is 15.0. The predicted octanol–water partition coefficient (Wildman–Crippen LogP) is 3.82. The van der Waals surface area contributed by atoms with Crippen molar-refractivity contribution >= 4 is 5.91 Å². The maximum atomic E-state index is 12.8. The molecule has 0 unspecified atom stereocenters. The molecule has 1 fully saturated rings. The number of rotatable bonds is 5. The summed E-state index contributed by atoms with van der Waals surface area (Å²) in [6.07, 6.45) is 4.93. The van der Waals surface area contributed by atoms with Crippen LogP contribution in [0.4, 0.5) is 0 Å². The van der Waals surface area contributed by atoms with Crippen molar-refractivity contribution in [2.45, 2.75) is 50.5 Å². The summed E-state index contributed by atoms with van der Waals surface area (Å²) >= 11 is 0. The zero-order valence-electron chi connectivity index (χ0n) is 15.0. The number of benzene rings is 2. The molecule has 0 atom stereocenters. The largest absolute Gasteiger partial charge is 0.351 e. The molecule has 0 bridgehead atoms. The number of carbonyl (C=O) groups excluding carboxylic acids is 1. The first-order valence-corrected chi connectivity index (χ1v) is 9.32. The van der Waals surface area contributed by atoms with Crippen molar-refractivity contribution in [2.75, 3.05) is 6.54 Å². The lowest BCUT2D eigenvalue weighted by atomic mass is 9.68. The smallest absolute Gasteiger partial charge is 0.251 e. The van der Waals surface area contributed by atoms with Gasteiger partial charge in [-0.3, -0.25) is 4.79 Å². The Kier molecular flexibility index (Phi) is 5.54. The van der Waals surface area contributed by atoms with Crippen molar-refractivity contribution in [1.29, 1.82) is 0 Å². The van der Waals surface area contributed by atoms with E-state index in [1.807, 2.05) is 30.3 Å². The third-order valence-corrected chi connectivity index (χ3v) is 5.60. The van der Waals surface area contributed by atoms with E-state index in [1.165, 1.54) is 5.56 Å². The Labute approximate surface area is 150 Å². The van der Waals surface area contributed by atoms with Gasteiger partial charge >= 0.3 is 0 Å². The predicted molar refractivity (Wildman–Crippen MR) is 103 cm³/mol. The van der Waals surface area contributed by atoms with E-state index >= 15 is 0 Å². The van der Waals surface area contributed by atoms with Crippen LogP contribution in [0.3, 0.4) is 0 Å². The molecule has 1 amide bonds. The average Bonchev–Trinajstić information content (AvgIpc) is 2.68. The number of amides is 1. The molecule has 3 heteroatoms. The second-order valence-electron chi connectivity index (χ2n) is 7.18. The molecule has 1 saturated carbocycles. The maximum absolute atomic E-state index is 12.8. The zero-order chi connectivity index (χ0) is 17.7. The highest BCUT2D eigenvalue weighted by molar-refractivity contribution is 5.95. The molecule has 1 aliphatic carbocycles. The van der Waals surface area contributed by atoms with Crippen molar-refractivity contribution < 1.29 is 4.79 Å². The van der Waals surface area contributed by atoms with Crippen molar-refractivity contribution in [3.8, 4) is 0 Å². The summed E-state index contributed by atoms with van der Waals surface area (Å²) in [5.41, 5.74) is 9.33. The highest BCUT2D eigenvalue weighted by Crippen LogP contribution is 2.38. The monoisotopic (exact) mass is 336 g/mol. The molecule has 3 nitrogen and oxygen atoms in total. The topological polar surface area (TPSA) is 55.1 Å². The highest BCUT2D eigenvalue weighted by Gasteiger charge is 2.36. The highest BCUT2D eigenvalue weighted by atomic mass is 16.1. The summed E-state index contributed by atoms with van der Waals surface area (Å²) in [5, 5.41) is 3.22. The Morgan fingerprint density at radius 2 is 1.72 bits per heavy atom. The van der Waals surface area contributed by atoms with Gasteiger partial charge in [0.05, 0.1) is 0 Å². The first-order chi connectivity index (χ1) is 12.1. The molecule has 0 aromatic heterocycles. The number of hydrogen-bond acceptors (Lipinski definition) is 2. The van der Waals surface area contributed by atoms with Crippen LogP contribution < -0.4 is 11.1 Å². The van der Waals surface area contributed by atoms with Gasteiger partial charge in [-0.2, -0.15) is 0 Å².